The van der Waals surface area contributed by atoms with E-state index in [1.165, 1.54) is 0 Å². The van der Waals surface area contributed by atoms with Gasteiger partial charge in [0.1, 0.15) is 5.54 Å². The second kappa shape index (κ2) is 7.23. The molecular weight excluding hydrogens is 242 g/mol. The summed E-state index contributed by atoms with van der Waals surface area (Å²) in [5, 5.41) is 0. The predicted octanol–water partition coefficient (Wildman–Crippen LogP) is 0.338. The lowest BCUT2D eigenvalue weighted by atomic mass is 9.96. The molecule has 0 heterocycles. The molecule has 0 fully saturated rings. The summed E-state index contributed by atoms with van der Waals surface area (Å²) in [5.41, 5.74) is 11.3. The summed E-state index contributed by atoms with van der Waals surface area (Å²) in [6, 6.07) is 9.74. The van der Waals surface area contributed by atoms with E-state index in [0.29, 0.717) is 19.6 Å². The number of carbonyl (C=O) groups is 1. The normalized spacial score (nSPS) is 14.3. The lowest BCUT2D eigenvalue weighted by molar-refractivity contribution is -0.126. The van der Waals surface area contributed by atoms with Crippen LogP contribution in [-0.2, 0) is 16.1 Å². The van der Waals surface area contributed by atoms with Gasteiger partial charge in [0, 0.05) is 0 Å². The molecule has 0 aliphatic heterocycles. The molecule has 106 valence electrons. The van der Waals surface area contributed by atoms with E-state index < -0.39 is 11.4 Å². The number of primary amides is 1. The van der Waals surface area contributed by atoms with E-state index in [0.717, 1.165) is 5.56 Å². The Morgan fingerprint density at radius 2 is 1.95 bits per heavy atom. The van der Waals surface area contributed by atoms with Crippen LogP contribution in [0.4, 0.5) is 0 Å². The number of amides is 1. The number of hydrogen-bond donors (Lipinski definition) is 2. The third-order valence-corrected chi connectivity index (χ3v) is 2.97. The summed E-state index contributed by atoms with van der Waals surface area (Å²) in [6.07, 6.45) is 0.476. The summed E-state index contributed by atoms with van der Waals surface area (Å²) in [4.78, 5) is 13.4. The van der Waals surface area contributed by atoms with E-state index in [1.807, 2.05) is 49.3 Å². The quantitative estimate of drug-likeness (QED) is 0.710. The molecule has 0 spiro atoms. The van der Waals surface area contributed by atoms with Crippen LogP contribution in [0.15, 0.2) is 30.3 Å². The topological polar surface area (TPSA) is 81.6 Å². The molecule has 0 aliphatic rings. The van der Waals surface area contributed by atoms with Crippen LogP contribution in [0.25, 0.3) is 0 Å². The fraction of sp³-hybridized carbons (Fsp3) is 0.500. The molecule has 0 aliphatic carbocycles. The molecular formula is C14H23N3O2. The van der Waals surface area contributed by atoms with Crippen molar-refractivity contribution in [1.29, 1.82) is 0 Å². The molecule has 0 unspecified atom stereocenters. The monoisotopic (exact) mass is 265 g/mol. The van der Waals surface area contributed by atoms with E-state index in [2.05, 4.69) is 0 Å². The second-order valence-electron chi connectivity index (χ2n) is 5.05. The van der Waals surface area contributed by atoms with E-state index in [9.17, 15) is 4.79 Å². The third kappa shape index (κ3) is 5.38. The van der Waals surface area contributed by atoms with Crippen molar-refractivity contribution in [3.05, 3.63) is 35.9 Å². The molecule has 0 aromatic heterocycles. The van der Waals surface area contributed by atoms with E-state index in [4.69, 9.17) is 16.2 Å². The van der Waals surface area contributed by atoms with Crippen LogP contribution in [-0.4, -0.2) is 43.6 Å². The number of hydrogen-bond acceptors (Lipinski definition) is 4. The summed E-state index contributed by atoms with van der Waals surface area (Å²) >= 11 is 0. The van der Waals surface area contributed by atoms with Gasteiger partial charge in [0.05, 0.1) is 13.2 Å². The summed E-state index contributed by atoms with van der Waals surface area (Å²) in [5.74, 6) is -0.526. The molecule has 1 aromatic rings. The Bertz CT molecular complexity index is 395. The van der Waals surface area contributed by atoms with Crippen molar-refractivity contribution < 1.29 is 9.53 Å². The molecule has 1 amide bonds. The number of carbonyl (C=O) groups excluding carboxylic acids is 1. The zero-order chi connectivity index (χ0) is 14.3. The molecule has 0 saturated heterocycles. The average Bonchev–Trinajstić information content (AvgIpc) is 2.37. The number of ether oxygens (including phenoxy) is 1. The minimum atomic E-state index is -1.11. The van der Waals surface area contributed by atoms with Crippen molar-refractivity contribution in [1.82, 2.24) is 4.90 Å². The first-order chi connectivity index (χ1) is 8.94. The standard InChI is InChI=1S/C14H23N3O2/c1-17(2)9-8-14(16,13(15)18)11-19-10-12-6-4-3-5-7-12/h3-7H,8-11,16H2,1-2H3,(H2,15,18)/t14-/m1/s1. The largest absolute Gasteiger partial charge is 0.374 e. The number of rotatable bonds is 8. The predicted molar refractivity (Wildman–Crippen MR) is 75.4 cm³/mol. The first-order valence-electron chi connectivity index (χ1n) is 6.29. The van der Waals surface area contributed by atoms with Crippen molar-refractivity contribution in [2.24, 2.45) is 11.5 Å². The second-order valence-corrected chi connectivity index (χ2v) is 5.05. The van der Waals surface area contributed by atoms with Gasteiger partial charge in [-0.15, -0.1) is 0 Å². The molecule has 0 bridgehead atoms. The molecule has 1 atom stereocenters. The van der Waals surface area contributed by atoms with Crippen LogP contribution in [0.2, 0.25) is 0 Å². The van der Waals surface area contributed by atoms with Crippen molar-refractivity contribution in [2.75, 3.05) is 27.2 Å². The molecule has 5 nitrogen and oxygen atoms in total. The van der Waals surface area contributed by atoms with Crippen LogP contribution in [0.1, 0.15) is 12.0 Å². The minimum Gasteiger partial charge on any atom is -0.374 e. The van der Waals surface area contributed by atoms with E-state index >= 15 is 0 Å². The van der Waals surface area contributed by atoms with Gasteiger partial charge in [-0.3, -0.25) is 4.79 Å². The van der Waals surface area contributed by atoms with Crippen molar-refractivity contribution in [2.45, 2.75) is 18.6 Å². The van der Waals surface area contributed by atoms with Gasteiger partial charge in [0.25, 0.3) is 0 Å². The fourth-order valence-corrected chi connectivity index (χ4v) is 1.61. The van der Waals surface area contributed by atoms with Gasteiger partial charge in [-0.25, -0.2) is 0 Å². The van der Waals surface area contributed by atoms with Gasteiger partial charge < -0.3 is 21.1 Å². The molecule has 1 rings (SSSR count). The highest BCUT2D eigenvalue weighted by Crippen LogP contribution is 2.10. The van der Waals surface area contributed by atoms with Gasteiger partial charge >= 0.3 is 0 Å². The number of nitrogens with zero attached hydrogens (tertiary/aromatic N) is 1. The smallest absolute Gasteiger partial charge is 0.239 e. The van der Waals surface area contributed by atoms with Gasteiger partial charge in [-0.05, 0) is 32.6 Å². The summed E-state index contributed by atoms with van der Waals surface area (Å²) in [6.45, 7) is 1.24. The maximum absolute atomic E-state index is 11.5. The van der Waals surface area contributed by atoms with Gasteiger partial charge in [0.2, 0.25) is 5.91 Å². The van der Waals surface area contributed by atoms with Crippen LogP contribution in [0, 0.1) is 0 Å². The zero-order valence-electron chi connectivity index (χ0n) is 11.6. The number of benzene rings is 1. The molecule has 5 heteroatoms. The third-order valence-electron chi connectivity index (χ3n) is 2.97. The summed E-state index contributed by atoms with van der Waals surface area (Å²) < 4.78 is 5.53. The van der Waals surface area contributed by atoms with Gasteiger partial charge in [0.15, 0.2) is 0 Å². The summed E-state index contributed by atoms with van der Waals surface area (Å²) in [7, 11) is 3.85. The Morgan fingerprint density at radius 3 is 2.47 bits per heavy atom. The Labute approximate surface area is 114 Å². The number of nitrogens with two attached hydrogens (primary N) is 2. The maximum atomic E-state index is 11.5. The molecule has 0 saturated carbocycles. The SMILES string of the molecule is CN(C)CC[C@@](N)(COCc1ccccc1)C(N)=O. The van der Waals surface area contributed by atoms with E-state index in [-0.39, 0.29) is 6.61 Å². The fourth-order valence-electron chi connectivity index (χ4n) is 1.61. The van der Waals surface area contributed by atoms with Crippen LogP contribution in [0.5, 0.6) is 0 Å². The maximum Gasteiger partial charge on any atom is 0.239 e. The zero-order valence-corrected chi connectivity index (χ0v) is 11.6. The highest BCUT2D eigenvalue weighted by atomic mass is 16.5. The van der Waals surface area contributed by atoms with Crippen LogP contribution >= 0.6 is 0 Å². The minimum absolute atomic E-state index is 0.130. The Balaban J connectivity index is 2.47. The lowest BCUT2D eigenvalue weighted by Gasteiger charge is -2.27. The van der Waals surface area contributed by atoms with Crippen molar-refractivity contribution in [3.63, 3.8) is 0 Å². The van der Waals surface area contributed by atoms with Crippen molar-refractivity contribution >= 4 is 5.91 Å². The van der Waals surface area contributed by atoms with Gasteiger partial charge in [-0.2, -0.15) is 0 Å². The molecule has 19 heavy (non-hydrogen) atoms. The molecule has 1 aromatic carbocycles. The molecule has 0 radical (unpaired) electrons. The van der Waals surface area contributed by atoms with E-state index in [1.54, 1.807) is 0 Å². The van der Waals surface area contributed by atoms with Gasteiger partial charge in [-0.1, -0.05) is 30.3 Å². The first-order valence-corrected chi connectivity index (χ1v) is 6.29. The Morgan fingerprint density at radius 1 is 1.32 bits per heavy atom. The lowest BCUT2D eigenvalue weighted by Crippen LogP contribution is -2.56. The Hall–Kier alpha value is -1.43. The Kier molecular flexibility index (Phi) is 5.95. The molecule has 4 N–H and O–H groups in total. The van der Waals surface area contributed by atoms with Crippen LogP contribution in [0.3, 0.4) is 0 Å². The first kappa shape index (κ1) is 15.6. The van der Waals surface area contributed by atoms with Crippen molar-refractivity contribution in [3.8, 4) is 0 Å². The highest BCUT2D eigenvalue weighted by molar-refractivity contribution is 5.84. The highest BCUT2D eigenvalue weighted by Gasteiger charge is 2.32. The van der Waals surface area contributed by atoms with Crippen LogP contribution < -0.4 is 11.5 Å². The average molecular weight is 265 g/mol.